The highest BCUT2D eigenvalue weighted by Gasteiger charge is 1.98. The average molecular weight is 203 g/mol. The van der Waals surface area contributed by atoms with Gasteiger partial charge in [0.25, 0.3) is 0 Å². The molecule has 0 spiro atoms. The summed E-state index contributed by atoms with van der Waals surface area (Å²) in [5.74, 6) is 0.0668. The Kier molecular flexibility index (Phi) is 4.61. The number of hydrogen-bond acceptors (Lipinski definition) is 1. The molecule has 0 aromatic heterocycles. The molecule has 1 amide bonds. The molecule has 0 fully saturated rings. The molecule has 0 heterocycles. The van der Waals surface area contributed by atoms with Crippen LogP contribution in [0.4, 0.5) is 0 Å². The van der Waals surface area contributed by atoms with Crippen molar-refractivity contribution in [1.29, 1.82) is 0 Å². The first-order valence-electron chi connectivity index (χ1n) is 5.19. The van der Waals surface area contributed by atoms with Gasteiger partial charge in [-0.15, -0.1) is 0 Å². The van der Waals surface area contributed by atoms with Crippen LogP contribution in [0.15, 0.2) is 36.4 Å². The van der Waals surface area contributed by atoms with Crippen molar-refractivity contribution in [3.8, 4) is 0 Å². The number of hydrogen-bond donors (Lipinski definition) is 1. The van der Waals surface area contributed by atoms with Gasteiger partial charge in [-0.2, -0.15) is 0 Å². The van der Waals surface area contributed by atoms with E-state index in [2.05, 4.69) is 5.32 Å². The van der Waals surface area contributed by atoms with Gasteiger partial charge >= 0.3 is 0 Å². The van der Waals surface area contributed by atoms with Crippen molar-refractivity contribution in [3.05, 3.63) is 42.0 Å². The Bertz CT molecular complexity index is 328. The molecule has 1 aromatic rings. The van der Waals surface area contributed by atoms with E-state index >= 15 is 0 Å². The third-order valence-electron chi connectivity index (χ3n) is 1.86. The SMILES string of the molecule is CC(C)NC(=O)C/C=C/c1ccccc1. The first-order chi connectivity index (χ1) is 7.18. The lowest BCUT2D eigenvalue weighted by Crippen LogP contribution is -2.29. The molecule has 1 N–H and O–H groups in total. The molecule has 1 rings (SSSR count). The summed E-state index contributed by atoms with van der Waals surface area (Å²) in [5, 5.41) is 2.84. The minimum Gasteiger partial charge on any atom is -0.354 e. The van der Waals surface area contributed by atoms with Gasteiger partial charge < -0.3 is 5.32 Å². The molecule has 2 heteroatoms. The number of carbonyl (C=O) groups is 1. The van der Waals surface area contributed by atoms with Crippen LogP contribution < -0.4 is 5.32 Å². The van der Waals surface area contributed by atoms with Crippen LogP contribution in [-0.4, -0.2) is 11.9 Å². The van der Waals surface area contributed by atoms with Gasteiger partial charge in [0.15, 0.2) is 0 Å². The van der Waals surface area contributed by atoms with E-state index in [9.17, 15) is 4.79 Å². The summed E-state index contributed by atoms with van der Waals surface area (Å²) >= 11 is 0. The highest BCUT2D eigenvalue weighted by atomic mass is 16.1. The number of rotatable bonds is 4. The van der Waals surface area contributed by atoms with E-state index in [0.29, 0.717) is 6.42 Å². The van der Waals surface area contributed by atoms with Gasteiger partial charge in [-0.3, -0.25) is 4.79 Å². The second kappa shape index (κ2) is 6.02. The Morgan fingerprint density at radius 3 is 2.60 bits per heavy atom. The zero-order valence-corrected chi connectivity index (χ0v) is 9.23. The highest BCUT2D eigenvalue weighted by molar-refractivity contribution is 5.78. The number of amides is 1. The molecule has 0 aliphatic rings. The second-order valence-electron chi connectivity index (χ2n) is 3.74. The lowest BCUT2D eigenvalue weighted by Gasteiger charge is -2.05. The van der Waals surface area contributed by atoms with Crippen molar-refractivity contribution in [1.82, 2.24) is 5.32 Å². The van der Waals surface area contributed by atoms with Crippen LogP contribution in [0, 0.1) is 0 Å². The van der Waals surface area contributed by atoms with Crippen LogP contribution in [0.5, 0.6) is 0 Å². The van der Waals surface area contributed by atoms with E-state index in [4.69, 9.17) is 0 Å². The van der Waals surface area contributed by atoms with Crippen LogP contribution in [0.2, 0.25) is 0 Å². The summed E-state index contributed by atoms with van der Waals surface area (Å²) in [5.41, 5.74) is 1.12. The molecular weight excluding hydrogens is 186 g/mol. The van der Waals surface area contributed by atoms with Gasteiger partial charge in [0.2, 0.25) is 5.91 Å². The number of benzene rings is 1. The van der Waals surface area contributed by atoms with Gasteiger partial charge in [0.05, 0.1) is 0 Å². The van der Waals surface area contributed by atoms with Crippen molar-refractivity contribution >= 4 is 12.0 Å². The first kappa shape index (κ1) is 11.5. The largest absolute Gasteiger partial charge is 0.354 e. The summed E-state index contributed by atoms with van der Waals surface area (Å²) < 4.78 is 0. The molecule has 0 aliphatic carbocycles. The summed E-state index contributed by atoms with van der Waals surface area (Å²) in [7, 11) is 0. The minimum absolute atomic E-state index is 0.0668. The summed E-state index contributed by atoms with van der Waals surface area (Å²) in [4.78, 5) is 11.3. The highest BCUT2D eigenvalue weighted by Crippen LogP contribution is 2.01. The lowest BCUT2D eigenvalue weighted by molar-refractivity contribution is -0.120. The molecule has 1 aromatic carbocycles. The Balaban J connectivity index is 2.37. The zero-order valence-electron chi connectivity index (χ0n) is 9.23. The topological polar surface area (TPSA) is 29.1 Å². The summed E-state index contributed by atoms with van der Waals surface area (Å²) in [6.45, 7) is 3.91. The normalized spacial score (nSPS) is 10.9. The van der Waals surface area contributed by atoms with Crippen LogP contribution in [0.3, 0.4) is 0 Å². The predicted molar refractivity (Wildman–Crippen MR) is 63.4 cm³/mol. The maximum atomic E-state index is 11.3. The van der Waals surface area contributed by atoms with Gasteiger partial charge in [-0.05, 0) is 19.4 Å². The third-order valence-corrected chi connectivity index (χ3v) is 1.86. The van der Waals surface area contributed by atoms with E-state index < -0.39 is 0 Å². The maximum Gasteiger partial charge on any atom is 0.224 e. The van der Waals surface area contributed by atoms with Gasteiger partial charge in [-0.1, -0.05) is 42.5 Å². The fourth-order valence-electron chi connectivity index (χ4n) is 1.25. The van der Waals surface area contributed by atoms with Crippen molar-refractivity contribution in [2.24, 2.45) is 0 Å². The fraction of sp³-hybridized carbons (Fsp3) is 0.308. The van der Waals surface area contributed by atoms with Crippen molar-refractivity contribution in [2.45, 2.75) is 26.3 Å². The van der Waals surface area contributed by atoms with E-state index in [1.807, 2.05) is 56.3 Å². The predicted octanol–water partition coefficient (Wildman–Crippen LogP) is 2.61. The summed E-state index contributed by atoms with van der Waals surface area (Å²) in [6, 6.07) is 10.2. The fourth-order valence-corrected chi connectivity index (χ4v) is 1.25. The Labute approximate surface area is 91.0 Å². The Morgan fingerprint density at radius 1 is 1.33 bits per heavy atom. The zero-order chi connectivity index (χ0) is 11.1. The molecule has 0 unspecified atom stereocenters. The van der Waals surface area contributed by atoms with E-state index in [1.165, 1.54) is 0 Å². The van der Waals surface area contributed by atoms with E-state index in [0.717, 1.165) is 5.56 Å². The molecule has 0 bridgehead atoms. The molecule has 80 valence electrons. The van der Waals surface area contributed by atoms with Crippen LogP contribution in [0.1, 0.15) is 25.8 Å². The average Bonchev–Trinajstić information content (AvgIpc) is 2.18. The van der Waals surface area contributed by atoms with E-state index in [-0.39, 0.29) is 11.9 Å². The van der Waals surface area contributed by atoms with E-state index in [1.54, 1.807) is 0 Å². The first-order valence-corrected chi connectivity index (χ1v) is 5.19. The molecule has 2 nitrogen and oxygen atoms in total. The lowest BCUT2D eigenvalue weighted by atomic mass is 10.2. The van der Waals surface area contributed by atoms with Gasteiger partial charge in [-0.25, -0.2) is 0 Å². The standard InChI is InChI=1S/C13H17NO/c1-11(2)14-13(15)10-6-9-12-7-4-3-5-8-12/h3-9,11H,10H2,1-2H3,(H,14,15)/b9-6+. The van der Waals surface area contributed by atoms with Crippen molar-refractivity contribution in [2.75, 3.05) is 0 Å². The van der Waals surface area contributed by atoms with Crippen LogP contribution in [-0.2, 0) is 4.79 Å². The van der Waals surface area contributed by atoms with Gasteiger partial charge in [0, 0.05) is 12.5 Å². The molecule has 0 saturated heterocycles. The molecule has 0 radical (unpaired) electrons. The quantitative estimate of drug-likeness (QED) is 0.800. The second-order valence-corrected chi connectivity index (χ2v) is 3.74. The van der Waals surface area contributed by atoms with Gasteiger partial charge in [0.1, 0.15) is 0 Å². The number of carbonyl (C=O) groups excluding carboxylic acids is 1. The molecule has 0 aliphatic heterocycles. The molecule has 0 saturated carbocycles. The third kappa shape index (κ3) is 5.01. The van der Waals surface area contributed by atoms with Crippen LogP contribution >= 0.6 is 0 Å². The van der Waals surface area contributed by atoms with Crippen LogP contribution in [0.25, 0.3) is 6.08 Å². The maximum absolute atomic E-state index is 11.3. The molecule has 0 atom stereocenters. The summed E-state index contributed by atoms with van der Waals surface area (Å²) in [6.07, 6.45) is 4.28. The monoisotopic (exact) mass is 203 g/mol. The minimum atomic E-state index is 0.0668. The Hall–Kier alpha value is -1.57. The van der Waals surface area contributed by atoms with Crippen molar-refractivity contribution < 1.29 is 4.79 Å². The Morgan fingerprint density at radius 2 is 2.00 bits per heavy atom. The van der Waals surface area contributed by atoms with Crippen molar-refractivity contribution in [3.63, 3.8) is 0 Å². The molecule has 15 heavy (non-hydrogen) atoms. The smallest absolute Gasteiger partial charge is 0.224 e. The number of nitrogens with one attached hydrogen (secondary N) is 1. The molecular formula is C13H17NO.